The van der Waals surface area contributed by atoms with Crippen LogP contribution < -0.4 is 0 Å². The van der Waals surface area contributed by atoms with E-state index in [1.165, 1.54) is 17.9 Å². The standard InChI is InChI=1S/C11H19NS2/c1-10(2,5-4-7-12)13-8-6-11(3)9-14-11/h4-6,8-9H2,1-3H3. The summed E-state index contributed by atoms with van der Waals surface area (Å²) in [7, 11) is 0. The van der Waals surface area contributed by atoms with Crippen molar-refractivity contribution in [1.82, 2.24) is 0 Å². The van der Waals surface area contributed by atoms with Crippen molar-refractivity contribution in [2.24, 2.45) is 0 Å². The van der Waals surface area contributed by atoms with Crippen molar-refractivity contribution in [3.8, 4) is 6.07 Å². The van der Waals surface area contributed by atoms with Crippen LogP contribution >= 0.6 is 23.5 Å². The summed E-state index contributed by atoms with van der Waals surface area (Å²) in [5.74, 6) is 2.58. The average Bonchev–Trinajstić information content (AvgIpc) is 2.80. The van der Waals surface area contributed by atoms with Gasteiger partial charge in [-0.05, 0) is 25.5 Å². The van der Waals surface area contributed by atoms with E-state index < -0.39 is 0 Å². The Morgan fingerprint density at radius 2 is 2.21 bits per heavy atom. The number of nitriles is 1. The van der Waals surface area contributed by atoms with Gasteiger partial charge in [-0.1, -0.05) is 13.8 Å². The zero-order valence-electron chi connectivity index (χ0n) is 9.30. The second-order valence-electron chi connectivity index (χ2n) is 4.75. The zero-order chi connectivity index (χ0) is 10.7. The van der Waals surface area contributed by atoms with Gasteiger partial charge in [0.15, 0.2) is 0 Å². The lowest BCUT2D eigenvalue weighted by Crippen LogP contribution is -2.16. The summed E-state index contributed by atoms with van der Waals surface area (Å²) in [6, 6.07) is 2.23. The highest BCUT2D eigenvalue weighted by atomic mass is 32.2. The van der Waals surface area contributed by atoms with E-state index in [-0.39, 0.29) is 4.75 Å². The Kier molecular flexibility index (Phi) is 4.21. The van der Waals surface area contributed by atoms with Crippen LogP contribution in [0, 0.1) is 11.3 Å². The van der Waals surface area contributed by atoms with Gasteiger partial charge in [0, 0.05) is 21.7 Å². The third kappa shape index (κ3) is 4.61. The van der Waals surface area contributed by atoms with Gasteiger partial charge in [0.05, 0.1) is 6.07 Å². The Morgan fingerprint density at radius 3 is 2.71 bits per heavy atom. The third-order valence-electron chi connectivity index (χ3n) is 2.60. The van der Waals surface area contributed by atoms with Crippen LogP contribution in [0.1, 0.15) is 40.0 Å². The Hall–Kier alpha value is 0.190. The minimum absolute atomic E-state index is 0.283. The maximum Gasteiger partial charge on any atom is 0.0622 e. The molecular weight excluding hydrogens is 210 g/mol. The van der Waals surface area contributed by atoms with Crippen molar-refractivity contribution in [3.63, 3.8) is 0 Å². The van der Waals surface area contributed by atoms with Gasteiger partial charge in [0.2, 0.25) is 0 Å². The van der Waals surface area contributed by atoms with Crippen molar-refractivity contribution in [2.75, 3.05) is 11.5 Å². The molecule has 0 radical (unpaired) electrons. The predicted octanol–water partition coefficient (Wildman–Crippen LogP) is 3.70. The molecule has 0 aromatic rings. The molecule has 0 spiro atoms. The van der Waals surface area contributed by atoms with E-state index in [4.69, 9.17) is 5.26 Å². The van der Waals surface area contributed by atoms with Crippen molar-refractivity contribution < 1.29 is 0 Å². The first kappa shape index (κ1) is 12.3. The average molecular weight is 229 g/mol. The van der Waals surface area contributed by atoms with E-state index >= 15 is 0 Å². The summed E-state index contributed by atoms with van der Waals surface area (Å²) < 4.78 is 0.879. The lowest BCUT2D eigenvalue weighted by atomic mass is 10.1. The van der Waals surface area contributed by atoms with Crippen molar-refractivity contribution in [2.45, 2.75) is 49.5 Å². The fourth-order valence-corrected chi connectivity index (χ4v) is 3.36. The first-order chi connectivity index (χ1) is 6.47. The summed E-state index contributed by atoms with van der Waals surface area (Å²) in [6.07, 6.45) is 3.02. The SMILES string of the molecule is CC(C)(CCC#N)SCCC1(C)CS1. The Bertz CT molecular complexity index is 226. The molecule has 0 saturated carbocycles. The normalized spacial score (nSPS) is 25.9. The molecule has 1 aliphatic heterocycles. The molecule has 0 bridgehead atoms. The van der Waals surface area contributed by atoms with Gasteiger partial charge >= 0.3 is 0 Å². The molecule has 1 unspecified atom stereocenters. The lowest BCUT2D eigenvalue weighted by molar-refractivity contribution is 0.649. The maximum absolute atomic E-state index is 8.53. The van der Waals surface area contributed by atoms with E-state index in [1.54, 1.807) is 0 Å². The van der Waals surface area contributed by atoms with E-state index in [1.807, 2.05) is 11.8 Å². The summed E-state index contributed by atoms with van der Waals surface area (Å²) >= 11 is 4.09. The van der Waals surface area contributed by atoms with Crippen LogP contribution in [0.2, 0.25) is 0 Å². The maximum atomic E-state index is 8.53. The van der Waals surface area contributed by atoms with Gasteiger partial charge < -0.3 is 0 Å². The number of hydrogen-bond acceptors (Lipinski definition) is 3. The molecule has 1 aliphatic rings. The topological polar surface area (TPSA) is 23.8 Å². The Labute approximate surface area is 96.0 Å². The van der Waals surface area contributed by atoms with E-state index in [0.717, 1.165) is 6.42 Å². The third-order valence-corrected chi connectivity index (χ3v) is 5.47. The Morgan fingerprint density at radius 1 is 1.57 bits per heavy atom. The highest BCUT2D eigenvalue weighted by Gasteiger charge is 2.38. The van der Waals surface area contributed by atoms with Gasteiger partial charge in [-0.3, -0.25) is 0 Å². The van der Waals surface area contributed by atoms with Crippen molar-refractivity contribution >= 4 is 23.5 Å². The van der Waals surface area contributed by atoms with Crippen LogP contribution in [0.25, 0.3) is 0 Å². The van der Waals surface area contributed by atoms with Crippen LogP contribution in [0.15, 0.2) is 0 Å². The predicted molar refractivity (Wildman–Crippen MR) is 66.9 cm³/mol. The molecule has 14 heavy (non-hydrogen) atoms. The van der Waals surface area contributed by atoms with Crippen LogP contribution in [-0.4, -0.2) is 21.0 Å². The fraction of sp³-hybridized carbons (Fsp3) is 0.909. The molecule has 0 aromatic heterocycles. The van der Waals surface area contributed by atoms with Crippen LogP contribution in [-0.2, 0) is 0 Å². The zero-order valence-corrected chi connectivity index (χ0v) is 10.9. The molecule has 80 valence electrons. The number of nitrogens with zero attached hydrogens (tertiary/aromatic N) is 1. The molecule has 0 aliphatic carbocycles. The lowest BCUT2D eigenvalue weighted by Gasteiger charge is -2.23. The first-order valence-corrected chi connectivity index (χ1v) is 7.09. The minimum Gasteiger partial charge on any atom is -0.198 e. The first-order valence-electron chi connectivity index (χ1n) is 5.12. The van der Waals surface area contributed by atoms with Crippen LogP contribution in [0.4, 0.5) is 0 Å². The van der Waals surface area contributed by atoms with E-state index in [2.05, 4.69) is 38.6 Å². The molecule has 1 heterocycles. The molecule has 1 fully saturated rings. The minimum atomic E-state index is 0.283. The molecule has 0 N–H and O–H groups in total. The molecule has 3 heteroatoms. The van der Waals surface area contributed by atoms with Gasteiger partial charge in [-0.2, -0.15) is 28.8 Å². The van der Waals surface area contributed by atoms with Gasteiger partial charge in [-0.25, -0.2) is 0 Å². The number of hydrogen-bond donors (Lipinski definition) is 0. The summed E-state index contributed by atoms with van der Waals surface area (Å²) in [4.78, 5) is 0. The molecule has 1 nitrogen and oxygen atoms in total. The molecule has 1 saturated heterocycles. The molecular formula is C11H19NS2. The summed E-state index contributed by atoms with van der Waals surface area (Å²) in [6.45, 7) is 6.84. The summed E-state index contributed by atoms with van der Waals surface area (Å²) in [5, 5.41) is 8.53. The highest BCUT2D eigenvalue weighted by Crippen LogP contribution is 2.48. The second-order valence-corrected chi connectivity index (χ2v) is 8.12. The molecule has 1 atom stereocenters. The molecule has 1 rings (SSSR count). The van der Waals surface area contributed by atoms with Crippen LogP contribution in [0.3, 0.4) is 0 Å². The van der Waals surface area contributed by atoms with E-state index in [0.29, 0.717) is 11.2 Å². The van der Waals surface area contributed by atoms with E-state index in [9.17, 15) is 0 Å². The van der Waals surface area contributed by atoms with Crippen molar-refractivity contribution in [1.29, 1.82) is 5.26 Å². The highest BCUT2D eigenvalue weighted by molar-refractivity contribution is 8.08. The second kappa shape index (κ2) is 4.81. The summed E-state index contributed by atoms with van der Waals surface area (Å²) in [5.41, 5.74) is 0. The smallest absolute Gasteiger partial charge is 0.0622 e. The quantitative estimate of drug-likeness (QED) is 0.649. The van der Waals surface area contributed by atoms with Crippen LogP contribution in [0.5, 0.6) is 0 Å². The Balaban J connectivity index is 2.12. The van der Waals surface area contributed by atoms with Gasteiger partial charge in [-0.15, -0.1) is 0 Å². The molecule has 0 amide bonds. The van der Waals surface area contributed by atoms with Gasteiger partial charge in [0.25, 0.3) is 0 Å². The van der Waals surface area contributed by atoms with Gasteiger partial charge in [0.1, 0.15) is 0 Å². The number of thioether (sulfide) groups is 2. The fourth-order valence-electron chi connectivity index (χ4n) is 1.24. The monoisotopic (exact) mass is 229 g/mol. The largest absolute Gasteiger partial charge is 0.198 e. The molecule has 0 aromatic carbocycles. The number of rotatable bonds is 6. The van der Waals surface area contributed by atoms with Crippen molar-refractivity contribution in [3.05, 3.63) is 0 Å².